The number of likely N-dealkylation sites (N-methyl/N-ethyl adjacent to an activating group) is 1. The van der Waals surface area contributed by atoms with E-state index >= 15 is 0 Å². The van der Waals surface area contributed by atoms with Crippen LogP contribution >= 0.6 is 0 Å². The maximum absolute atomic E-state index is 10.6. The van der Waals surface area contributed by atoms with Crippen LogP contribution in [-0.2, 0) is 11.2 Å². The van der Waals surface area contributed by atoms with E-state index in [0.717, 1.165) is 30.3 Å². The molecule has 1 N–H and O–H groups in total. The summed E-state index contributed by atoms with van der Waals surface area (Å²) >= 11 is 0. The first-order chi connectivity index (χ1) is 9.47. The molecule has 0 aliphatic rings. The standard InChI is InChI=1S/C16H25NO3/c1-13(2)8-9-17(3)10-11-20-15-6-4-14(5-7-15)12-16(18)19/h4-7,13H,8-12H2,1-3H3,(H,18,19). The van der Waals surface area contributed by atoms with Gasteiger partial charge in [-0.1, -0.05) is 26.0 Å². The first-order valence-electron chi connectivity index (χ1n) is 7.09. The fourth-order valence-electron chi connectivity index (χ4n) is 1.79. The van der Waals surface area contributed by atoms with E-state index in [-0.39, 0.29) is 6.42 Å². The zero-order chi connectivity index (χ0) is 15.0. The zero-order valence-electron chi connectivity index (χ0n) is 12.6. The summed E-state index contributed by atoms with van der Waals surface area (Å²) in [6, 6.07) is 7.25. The second-order valence-electron chi connectivity index (χ2n) is 5.55. The lowest BCUT2D eigenvalue weighted by atomic mass is 10.1. The molecule has 0 bridgehead atoms. The number of carboxylic acid groups (broad SMARTS) is 1. The first kappa shape index (κ1) is 16.5. The molecule has 0 radical (unpaired) electrons. The smallest absolute Gasteiger partial charge is 0.307 e. The lowest BCUT2D eigenvalue weighted by Crippen LogP contribution is -2.26. The van der Waals surface area contributed by atoms with Crippen molar-refractivity contribution in [2.45, 2.75) is 26.7 Å². The Hall–Kier alpha value is -1.55. The predicted octanol–water partition coefficient (Wildman–Crippen LogP) is 2.67. The Labute approximate surface area is 121 Å². The van der Waals surface area contributed by atoms with E-state index in [9.17, 15) is 4.79 Å². The van der Waals surface area contributed by atoms with Crippen LogP contribution in [0.5, 0.6) is 5.75 Å². The number of benzene rings is 1. The van der Waals surface area contributed by atoms with Gasteiger partial charge in [0.1, 0.15) is 12.4 Å². The number of aliphatic carboxylic acids is 1. The molecule has 4 nitrogen and oxygen atoms in total. The molecule has 0 heterocycles. The molecule has 4 heteroatoms. The summed E-state index contributed by atoms with van der Waals surface area (Å²) in [5.74, 6) is 0.696. The number of carboxylic acids is 1. The number of hydrogen-bond donors (Lipinski definition) is 1. The van der Waals surface area contributed by atoms with Crippen molar-refractivity contribution in [3.05, 3.63) is 29.8 Å². The van der Waals surface area contributed by atoms with E-state index in [1.807, 2.05) is 12.1 Å². The van der Waals surface area contributed by atoms with Crippen LogP contribution in [0.4, 0.5) is 0 Å². The maximum Gasteiger partial charge on any atom is 0.307 e. The van der Waals surface area contributed by atoms with E-state index in [0.29, 0.717) is 6.61 Å². The van der Waals surface area contributed by atoms with Crippen LogP contribution in [0.2, 0.25) is 0 Å². The summed E-state index contributed by atoms with van der Waals surface area (Å²) in [6.45, 7) is 7.07. The minimum absolute atomic E-state index is 0.0538. The molecule has 0 atom stereocenters. The Bertz CT molecular complexity index is 401. The highest BCUT2D eigenvalue weighted by Gasteiger charge is 2.03. The highest BCUT2D eigenvalue weighted by atomic mass is 16.5. The molecule has 0 aliphatic carbocycles. The number of ether oxygens (including phenoxy) is 1. The van der Waals surface area contributed by atoms with Gasteiger partial charge in [0, 0.05) is 6.54 Å². The minimum atomic E-state index is -0.814. The fraction of sp³-hybridized carbons (Fsp3) is 0.562. The maximum atomic E-state index is 10.6. The fourth-order valence-corrected chi connectivity index (χ4v) is 1.79. The van der Waals surface area contributed by atoms with E-state index in [1.165, 1.54) is 6.42 Å². The Morgan fingerprint density at radius 3 is 2.45 bits per heavy atom. The summed E-state index contributed by atoms with van der Waals surface area (Å²) in [5.41, 5.74) is 0.791. The third-order valence-electron chi connectivity index (χ3n) is 3.11. The third-order valence-corrected chi connectivity index (χ3v) is 3.11. The normalized spacial score (nSPS) is 11.1. The van der Waals surface area contributed by atoms with Crippen LogP contribution in [0, 0.1) is 5.92 Å². The Balaban J connectivity index is 2.26. The minimum Gasteiger partial charge on any atom is -0.492 e. The van der Waals surface area contributed by atoms with Crippen LogP contribution in [0.3, 0.4) is 0 Å². The van der Waals surface area contributed by atoms with Gasteiger partial charge in [0.25, 0.3) is 0 Å². The van der Waals surface area contributed by atoms with Crippen LogP contribution in [0.15, 0.2) is 24.3 Å². The van der Waals surface area contributed by atoms with Crippen LogP contribution < -0.4 is 4.74 Å². The molecule has 0 saturated heterocycles. The molecule has 0 unspecified atom stereocenters. The molecule has 0 spiro atoms. The quantitative estimate of drug-likeness (QED) is 0.755. The van der Waals surface area contributed by atoms with Crippen molar-refractivity contribution in [3.8, 4) is 5.75 Å². The molecule has 0 aliphatic heterocycles. The van der Waals surface area contributed by atoms with Gasteiger partial charge in [-0.25, -0.2) is 0 Å². The Morgan fingerprint density at radius 2 is 1.90 bits per heavy atom. The van der Waals surface area contributed by atoms with Gasteiger partial charge in [-0.2, -0.15) is 0 Å². The van der Waals surface area contributed by atoms with Crippen molar-refractivity contribution >= 4 is 5.97 Å². The molecule has 1 rings (SSSR count). The van der Waals surface area contributed by atoms with Gasteiger partial charge in [-0.3, -0.25) is 4.79 Å². The molecule has 1 aromatic rings. The highest BCUT2D eigenvalue weighted by molar-refractivity contribution is 5.70. The summed E-state index contributed by atoms with van der Waals surface area (Å²) in [7, 11) is 2.10. The SMILES string of the molecule is CC(C)CCN(C)CCOc1ccc(CC(=O)O)cc1. The van der Waals surface area contributed by atoms with Gasteiger partial charge in [0.05, 0.1) is 6.42 Å². The lowest BCUT2D eigenvalue weighted by Gasteiger charge is -2.18. The van der Waals surface area contributed by atoms with Gasteiger partial charge in [-0.05, 0) is 43.6 Å². The molecule has 1 aromatic carbocycles. The van der Waals surface area contributed by atoms with Crippen LogP contribution in [0.1, 0.15) is 25.8 Å². The number of hydrogen-bond acceptors (Lipinski definition) is 3. The van der Waals surface area contributed by atoms with Crippen LogP contribution in [0.25, 0.3) is 0 Å². The largest absolute Gasteiger partial charge is 0.492 e. The topological polar surface area (TPSA) is 49.8 Å². The Kier molecular flexibility index (Phi) is 7.09. The number of nitrogens with zero attached hydrogens (tertiary/aromatic N) is 1. The van der Waals surface area contributed by atoms with Crippen molar-refractivity contribution in [2.75, 3.05) is 26.7 Å². The van der Waals surface area contributed by atoms with Crippen LogP contribution in [-0.4, -0.2) is 42.7 Å². The number of rotatable bonds is 9. The predicted molar refractivity (Wildman–Crippen MR) is 80.2 cm³/mol. The second kappa shape index (κ2) is 8.59. The van der Waals surface area contributed by atoms with Gasteiger partial charge in [0.2, 0.25) is 0 Å². The average Bonchev–Trinajstić information content (AvgIpc) is 2.38. The van der Waals surface area contributed by atoms with Gasteiger partial charge in [0.15, 0.2) is 0 Å². The van der Waals surface area contributed by atoms with Crippen molar-refractivity contribution in [3.63, 3.8) is 0 Å². The highest BCUT2D eigenvalue weighted by Crippen LogP contribution is 2.12. The van der Waals surface area contributed by atoms with Gasteiger partial charge >= 0.3 is 5.97 Å². The molecule has 0 fully saturated rings. The number of carbonyl (C=O) groups is 1. The lowest BCUT2D eigenvalue weighted by molar-refractivity contribution is -0.136. The summed E-state index contributed by atoms with van der Waals surface area (Å²) in [6.07, 6.45) is 1.25. The average molecular weight is 279 g/mol. The van der Waals surface area contributed by atoms with E-state index in [4.69, 9.17) is 9.84 Å². The van der Waals surface area contributed by atoms with E-state index < -0.39 is 5.97 Å². The van der Waals surface area contributed by atoms with E-state index in [2.05, 4.69) is 25.8 Å². The monoisotopic (exact) mass is 279 g/mol. The van der Waals surface area contributed by atoms with Crippen molar-refractivity contribution in [1.82, 2.24) is 4.90 Å². The molecule has 20 heavy (non-hydrogen) atoms. The van der Waals surface area contributed by atoms with Gasteiger partial charge < -0.3 is 14.7 Å². The molecule has 0 amide bonds. The molecule has 0 saturated carbocycles. The molecule has 0 aromatic heterocycles. The molecular weight excluding hydrogens is 254 g/mol. The van der Waals surface area contributed by atoms with E-state index in [1.54, 1.807) is 12.1 Å². The van der Waals surface area contributed by atoms with Crippen molar-refractivity contribution in [1.29, 1.82) is 0 Å². The summed E-state index contributed by atoms with van der Waals surface area (Å²) in [5, 5.41) is 8.69. The molecule has 112 valence electrons. The molecular formula is C16H25NO3. The van der Waals surface area contributed by atoms with Crippen molar-refractivity contribution in [2.24, 2.45) is 5.92 Å². The summed E-state index contributed by atoms with van der Waals surface area (Å²) in [4.78, 5) is 12.8. The summed E-state index contributed by atoms with van der Waals surface area (Å²) < 4.78 is 5.65. The third kappa shape index (κ3) is 7.14. The zero-order valence-corrected chi connectivity index (χ0v) is 12.6. The van der Waals surface area contributed by atoms with Crippen molar-refractivity contribution < 1.29 is 14.6 Å². The Morgan fingerprint density at radius 1 is 1.25 bits per heavy atom. The first-order valence-corrected chi connectivity index (χ1v) is 7.09. The van der Waals surface area contributed by atoms with Gasteiger partial charge in [-0.15, -0.1) is 0 Å². The second-order valence-corrected chi connectivity index (χ2v) is 5.55.